The summed E-state index contributed by atoms with van der Waals surface area (Å²) in [5.41, 5.74) is -0.496. The van der Waals surface area contributed by atoms with Gasteiger partial charge in [-0.1, -0.05) is 44.5 Å². The van der Waals surface area contributed by atoms with Gasteiger partial charge in [0.1, 0.15) is 28.5 Å². The molecule has 1 aromatic carbocycles. The Bertz CT molecular complexity index is 2220. The van der Waals surface area contributed by atoms with E-state index in [1.165, 1.54) is 18.1 Å². The minimum Gasteiger partial charge on any atom is -0.495 e. The number of amides is 4. The number of ether oxygens (including phenoxy) is 2. The zero-order valence-electron chi connectivity index (χ0n) is 33.3. The van der Waals surface area contributed by atoms with Crippen LogP contribution in [0, 0.1) is 17.3 Å². The predicted octanol–water partition coefficient (Wildman–Crippen LogP) is 5.04. The van der Waals surface area contributed by atoms with Crippen molar-refractivity contribution in [3.8, 4) is 22.9 Å². The average molecular weight is 835 g/mol. The van der Waals surface area contributed by atoms with Gasteiger partial charge < -0.3 is 24.6 Å². The van der Waals surface area contributed by atoms with E-state index in [-0.39, 0.29) is 42.6 Å². The fourth-order valence-electron chi connectivity index (χ4n) is 8.14. The van der Waals surface area contributed by atoms with Crippen LogP contribution in [0.15, 0.2) is 55.3 Å². The van der Waals surface area contributed by atoms with Gasteiger partial charge in [-0.3, -0.25) is 28.9 Å². The number of sulfonamides is 1. The molecule has 16 heteroatoms. The monoisotopic (exact) mass is 834 g/mol. The number of halogens is 1. The van der Waals surface area contributed by atoms with Gasteiger partial charge in [0, 0.05) is 55.1 Å². The normalized spacial score (nSPS) is 23.8. The molecule has 58 heavy (non-hydrogen) atoms. The molecule has 2 aliphatic heterocycles. The van der Waals surface area contributed by atoms with Crippen molar-refractivity contribution in [1.29, 1.82) is 0 Å². The molecule has 2 saturated heterocycles. The maximum Gasteiger partial charge on any atom is 0.259 e. The molecule has 7 rings (SSSR count). The number of nitrogens with one attached hydrogen (secondary N) is 2. The van der Waals surface area contributed by atoms with E-state index in [1.54, 1.807) is 29.3 Å². The van der Waals surface area contributed by atoms with Crippen LogP contribution in [-0.4, -0.2) is 101 Å². The Labute approximate surface area is 344 Å². The quantitative estimate of drug-likeness (QED) is 0.222. The molecule has 2 aliphatic carbocycles. The summed E-state index contributed by atoms with van der Waals surface area (Å²) in [7, 11) is -2.41. The van der Waals surface area contributed by atoms with Crippen molar-refractivity contribution in [2.75, 3.05) is 26.7 Å². The molecular formula is C42H51ClN6O8S. The van der Waals surface area contributed by atoms with Crippen LogP contribution in [0.25, 0.3) is 22.2 Å². The molecule has 3 aromatic rings. The van der Waals surface area contributed by atoms with Crippen LogP contribution in [0.4, 0.5) is 0 Å². The molecule has 0 radical (unpaired) electrons. The van der Waals surface area contributed by atoms with Gasteiger partial charge in [0.2, 0.25) is 33.6 Å². The largest absolute Gasteiger partial charge is 0.495 e. The smallest absolute Gasteiger partial charge is 0.259 e. The van der Waals surface area contributed by atoms with E-state index in [0.29, 0.717) is 53.8 Å². The minimum absolute atomic E-state index is 0.00974. The number of rotatable bonds is 13. The molecule has 310 valence electrons. The summed E-state index contributed by atoms with van der Waals surface area (Å²) >= 11 is 6.79. The van der Waals surface area contributed by atoms with Crippen molar-refractivity contribution in [3.05, 3.63) is 60.3 Å². The van der Waals surface area contributed by atoms with Gasteiger partial charge in [-0.2, -0.15) is 0 Å². The molecule has 4 heterocycles. The number of benzene rings is 1. The van der Waals surface area contributed by atoms with E-state index < -0.39 is 67.9 Å². The van der Waals surface area contributed by atoms with E-state index in [4.69, 9.17) is 26.1 Å². The Morgan fingerprint density at radius 2 is 1.84 bits per heavy atom. The summed E-state index contributed by atoms with van der Waals surface area (Å²) in [5, 5.41) is 3.16. The van der Waals surface area contributed by atoms with Gasteiger partial charge in [-0.25, -0.2) is 13.4 Å². The van der Waals surface area contributed by atoms with Crippen molar-refractivity contribution in [2.45, 2.75) is 95.1 Å². The number of likely N-dealkylation sites (tertiary alicyclic amines) is 2. The van der Waals surface area contributed by atoms with Crippen LogP contribution in [0.1, 0.15) is 72.1 Å². The topological polar surface area (TPSA) is 177 Å². The van der Waals surface area contributed by atoms with Crippen LogP contribution in [0.3, 0.4) is 0 Å². The summed E-state index contributed by atoms with van der Waals surface area (Å²) < 4.78 is 39.8. The second kappa shape index (κ2) is 16.1. The highest BCUT2D eigenvalue weighted by molar-refractivity contribution is 7.91. The van der Waals surface area contributed by atoms with Gasteiger partial charge in [0.15, 0.2) is 0 Å². The molecule has 2 aromatic heterocycles. The van der Waals surface area contributed by atoms with E-state index >= 15 is 0 Å². The van der Waals surface area contributed by atoms with Crippen molar-refractivity contribution >= 4 is 56.2 Å². The summed E-state index contributed by atoms with van der Waals surface area (Å²) in [6.07, 6.45) is 6.30. The molecule has 0 unspecified atom stereocenters. The van der Waals surface area contributed by atoms with Gasteiger partial charge >= 0.3 is 0 Å². The maximum absolute atomic E-state index is 14.8. The van der Waals surface area contributed by atoms with Gasteiger partial charge in [-0.15, -0.1) is 6.58 Å². The summed E-state index contributed by atoms with van der Waals surface area (Å²) in [6.45, 7) is 10.7. The predicted molar refractivity (Wildman–Crippen MR) is 218 cm³/mol. The van der Waals surface area contributed by atoms with Gasteiger partial charge in [0.25, 0.3) is 5.91 Å². The first-order valence-corrected chi connectivity index (χ1v) is 21.8. The van der Waals surface area contributed by atoms with Crippen LogP contribution >= 0.6 is 11.6 Å². The second-order valence-corrected chi connectivity index (χ2v) is 19.3. The van der Waals surface area contributed by atoms with Gasteiger partial charge in [0.05, 0.1) is 36.0 Å². The lowest BCUT2D eigenvalue weighted by Crippen LogP contribution is -2.57. The molecule has 4 aliphatic rings. The lowest BCUT2D eigenvalue weighted by Gasteiger charge is -2.36. The highest BCUT2D eigenvalue weighted by Gasteiger charge is 2.62. The van der Waals surface area contributed by atoms with E-state index in [0.717, 1.165) is 19.3 Å². The van der Waals surface area contributed by atoms with Crippen LogP contribution < -0.4 is 19.5 Å². The van der Waals surface area contributed by atoms with Crippen molar-refractivity contribution < 1.29 is 37.1 Å². The third kappa shape index (κ3) is 8.38. The zero-order valence-corrected chi connectivity index (χ0v) is 34.9. The van der Waals surface area contributed by atoms with Crippen molar-refractivity contribution in [2.24, 2.45) is 17.3 Å². The zero-order chi connectivity index (χ0) is 41.6. The molecule has 14 nitrogen and oxygen atoms in total. The number of methoxy groups -OCH3 is 1. The van der Waals surface area contributed by atoms with E-state index in [1.807, 2.05) is 39.0 Å². The van der Waals surface area contributed by atoms with Crippen LogP contribution in [-0.2, 0) is 29.2 Å². The van der Waals surface area contributed by atoms with Crippen molar-refractivity contribution in [3.63, 3.8) is 0 Å². The first kappa shape index (κ1) is 41.4. The molecule has 2 saturated carbocycles. The third-order valence-corrected chi connectivity index (χ3v) is 14.0. The number of hydrogen-bond acceptors (Lipinski definition) is 10. The summed E-state index contributed by atoms with van der Waals surface area (Å²) in [6, 6.07) is 9.70. The number of aromatic nitrogens is 2. The van der Waals surface area contributed by atoms with Crippen molar-refractivity contribution in [1.82, 2.24) is 29.8 Å². The summed E-state index contributed by atoms with van der Waals surface area (Å²) in [5.74, 6) is -2.74. The number of nitrogens with zero attached hydrogens (tertiary/aromatic N) is 4. The standard InChI is InChI=1S/C42H51ClN6O8S/c1-6-25-23-42(25,40(53)47-58(54,55)27-13-14-27)46-38(51)32-20-26(24-49(32)39(52)30(41(2,3)4)22-35(50)48-18-10-7-11-19-48)57-34-21-29(31-12-8-9-17-44-31)28-15-16-33(56-5)36(43)37(28)45-34/h6,8-9,12,15-17,21,25-27,30,32H,1,7,10-11,13-14,18-20,22-24H2,2-5H3,(H,46,51)(H,47,53)/t25-,26-,30-,32+,42-/m1/s1. The third-order valence-electron chi connectivity index (χ3n) is 11.8. The lowest BCUT2D eigenvalue weighted by atomic mass is 9.77. The Kier molecular flexibility index (Phi) is 11.5. The fourth-order valence-corrected chi connectivity index (χ4v) is 9.79. The van der Waals surface area contributed by atoms with Crippen LogP contribution in [0.5, 0.6) is 11.6 Å². The second-order valence-electron chi connectivity index (χ2n) is 16.9. The first-order valence-electron chi connectivity index (χ1n) is 19.9. The Balaban J connectivity index is 1.22. The molecular weight excluding hydrogens is 784 g/mol. The Morgan fingerprint density at radius 1 is 1.10 bits per heavy atom. The first-order chi connectivity index (χ1) is 27.6. The van der Waals surface area contributed by atoms with Crippen LogP contribution in [0.2, 0.25) is 5.02 Å². The number of carbonyl (C=O) groups is 4. The molecule has 4 amide bonds. The molecule has 0 bridgehead atoms. The molecule has 4 fully saturated rings. The number of fused-ring (bicyclic) bond motifs is 1. The lowest BCUT2D eigenvalue weighted by molar-refractivity contribution is -0.148. The molecule has 5 atom stereocenters. The summed E-state index contributed by atoms with van der Waals surface area (Å²) in [4.78, 5) is 69.2. The van der Waals surface area contributed by atoms with E-state index in [9.17, 15) is 27.6 Å². The fraction of sp³-hybridized carbons (Fsp3) is 0.524. The molecule has 2 N–H and O–H groups in total. The van der Waals surface area contributed by atoms with E-state index in [2.05, 4.69) is 21.6 Å². The molecule has 0 spiro atoms. The highest BCUT2D eigenvalue weighted by atomic mass is 35.5. The van der Waals surface area contributed by atoms with Gasteiger partial charge in [-0.05, 0) is 68.2 Å². The minimum atomic E-state index is -3.91. The Hall–Kier alpha value is -4.76. The number of piperidine rings is 1. The number of pyridine rings is 2. The SMILES string of the molecule is C=C[C@@H]1C[C@]1(NC(=O)[C@@H]1C[C@@H](Oc2cc(-c3ccccn3)c3ccc(OC)c(Cl)c3n2)CN1C(=O)[C@@H](CC(=O)N1CCCCC1)C(C)(C)C)C(=O)NS(=O)(=O)C1CC1. The average Bonchev–Trinajstić information content (AvgIpc) is 4.13. The number of hydrogen-bond donors (Lipinski definition) is 2. The number of carbonyl (C=O) groups excluding carboxylic acids is 4. The maximum atomic E-state index is 14.8. The highest BCUT2D eigenvalue weighted by Crippen LogP contribution is 2.46. The Morgan fingerprint density at radius 3 is 2.47 bits per heavy atom.